The van der Waals surface area contributed by atoms with Gasteiger partial charge < -0.3 is 14.4 Å². The van der Waals surface area contributed by atoms with E-state index in [4.69, 9.17) is 16.3 Å². The van der Waals surface area contributed by atoms with E-state index < -0.39 is 5.97 Å². The van der Waals surface area contributed by atoms with E-state index in [2.05, 4.69) is 4.90 Å². The summed E-state index contributed by atoms with van der Waals surface area (Å²) in [6.07, 6.45) is 1.40. The Kier molecular flexibility index (Phi) is 5.53. The van der Waals surface area contributed by atoms with Crippen LogP contribution in [0.2, 0.25) is 5.02 Å². The smallest absolute Gasteiger partial charge is 0.337 e. The lowest BCUT2D eigenvalue weighted by molar-refractivity contribution is 0.0121. The highest BCUT2D eigenvalue weighted by Crippen LogP contribution is 2.25. The number of morpholine rings is 1. The molecule has 3 rings (SSSR count). The highest BCUT2D eigenvalue weighted by atomic mass is 35.5. The normalized spacial score (nSPS) is 16.5. The minimum absolute atomic E-state index is 0.0667. The van der Waals surface area contributed by atoms with Crippen LogP contribution >= 0.6 is 11.6 Å². The summed E-state index contributed by atoms with van der Waals surface area (Å²) in [6, 6.07) is 10.1. The average Bonchev–Trinajstić information content (AvgIpc) is 2.62. The summed E-state index contributed by atoms with van der Waals surface area (Å²) in [4.78, 5) is 25.6. The van der Waals surface area contributed by atoms with Crippen LogP contribution in [-0.4, -0.2) is 46.8 Å². The first-order valence-electron chi connectivity index (χ1n) is 8.05. The lowest BCUT2D eigenvalue weighted by Crippen LogP contribution is -2.41. The Labute approximate surface area is 150 Å². The van der Waals surface area contributed by atoms with E-state index in [9.17, 15) is 14.7 Å². The molecule has 0 amide bonds. The van der Waals surface area contributed by atoms with E-state index in [-0.39, 0.29) is 17.2 Å². The maximum absolute atomic E-state index is 12.2. The number of halogens is 1. The van der Waals surface area contributed by atoms with Crippen LogP contribution in [0, 0.1) is 0 Å². The predicted molar refractivity (Wildman–Crippen MR) is 94.2 cm³/mol. The molecule has 1 aliphatic rings. The van der Waals surface area contributed by atoms with Crippen molar-refractivity contribution in [3.8, 4) is 0 Å². The lowest BCUT2D eigenvalue weighted by atomic mass is 10.0. The minimum atomic E-state index is -1.05. The van der Waals surface area contributed by atoms with Crippen molar-refractivity contribution in [1.29, 1.82) is 0 Å². The van der Waals surface area contributed by atoms with Gasteiger partial charge >= 0.3 is 5.97 Å². The van der Waals surface area contributed by atoms with Gasteiger partial charge in [-0.15, -0.1) is 0 Å². The summed E-state index contributed by atoms with van der Waals surface area (Å²) >= 11 is 5.99. The highest BCUT2D eigenvalue weighted by molar-refractivity contribution is 6.30. The van der Waals surface area contributed by atoms with Crippen molar-refractivity contribution in [2.24, 2.45) is 0 Å². The lowest BCUT2D eigenvalue weighted by Gasteiger charge is -2.35. The number of rotatable bonds is 5. The molecule has 25 heavy (non-hydrogen) atoms. The maximum atomic E-state index is 12.2. The van der Waals surface area contributed by atoms with Crippen molar-refractivity contribution in [1.82, 2.24) is 9.47 Å². The second kappa shape index (κ2) is 7.82. The number of carbonyl (C=O) groups is 1. The topological polar surface area (TPSA) is 71.8 Å². The number of carboxylic acid groups (broad SMARTS) is 1. The van der Waals surface area contributed by atoms with Crippen LogP contribution in [0.15, 0.2) is 47.4 Å². The Balaban J connectivity index is 1.94. The first-order valence-corrected chi connectivity index (χ1v) is 8.43. The van der Waals surface area contributed by atoms with Crippen molar-refractivity contribution in [2.75, 3.05) is 26.3 Å². The Morgan fingerprint density at radius 2 is 1.84 bits per heavy atom. The fraction of sp³-hybridized carbons (Fsp3) is 0.333. The quantitative estimate of drug-likeness (QED) is 0.883. The molecule has 1 N–H and O–H groups in total. The Hall–Kier alpha value is -2.15. The van der Waals surface area contributed by atoms with E-state index in [1.165, 1.54) is 22.9 Å². The standard InChI is InChI=1S/C18H19ClN2O4/c19-15-4-1-13(2-5-15)16(20-7-9-25-10-8-20)12-21-11-14(18(23)24)3-6-17(21)22/h1-6,11,16H,7-10,12H2,(H,23,24)/t16-/m1/s1. The van der Waals surface area contributed by atoms with Gasteiger partial charge in [-0.2, -0.15) is 0 Å². The van der Waals surface area contributed by atoms with E-state index in [1.54, 1.807) is 0 Å². The molecule has 1 atom stereocenters. The number of ether oxygens (including phenoxy) is 1. The minimum Gasteiger partial charge on any atom is -0.478 e. The van der Waals surface area contributed by atoms with Crippen LogP contribution in [0.3, 0.4) is 0 Å². The Bertz CT molecular complexity index is 797. The molecule has 1 aromatic carbocycles. The summed E-state index contributed by atoms with van der Waals surface area (Å²) in [7, 11) is 0. The zero-order valence-corrected chi connectivity index (χ0v) is 14.4. The monoisotopic (exact) mass is 362 g/mol. The SMILES string of the molecule is O=C(O)c1ccc(=O)n(C[C@H](c2ccc(Cl)cc2)N2CCOCC2)c1. The number of benzene rings is 1. The zero-order chi connectivity index (χ0) is 17.8. The fourth-order valence-electron chi connectivity index (χ4n) is 2.99. The second-order valence-electron chi connectivity index (χ2n) is 5.93. The molecular weight excluding hydrogens is 344 g/mol. The molecule has 0 bridgehead atoms. The van der Waals surface area contributed by atoms with Crippen LogP contribution in [0.5, 0.6) is 0 Å². The van der Waals surface area contributed by atoms with Gasteiger partial charge in [0.1, 0.15) is 0 Å². The largest absolute Gasteiger partial charge is 0.478 e. The van der Waals surface area contributed by atoms with Crippen LogP contribution in [0.4, 0.5) is 0 Å². The van der Waals surface area contributed by atoms with Gasteiger partial charge in [0.2, 0.25) is 0 Å². The number of hydrogen-bond donors (Lipinski definition) is 1. The van der Waals surface area contributed by atoms with Crippen LogP contribution in [0.25, 0.3) is 0 Å². The average molecular weight is 363 g/mol. The van der Waals surface area contributed by atoms with E-state index in [0.717, 1.165) is 18.7 Å². The molecule has 0 spiro atoms. The second-order valence-corrected chi connectivity index (χ2v) is 6.37. The van der Waals surface area contributed by atoms with Gasteiger partial charge in [-0.25, -0.2) is 4.79 Å². The predicted octanol–water partition coefficient (Wildman–Crippen LogP) is 2.27. The molecule has 1 saturated heterocycles. The van der Waals surface area contributed by atoms with Crippen LogP contribution in [0.1, 0.15) is 22.0 Å². The first-order chi connectivity index (χ1) is 12.0. The first kappa shape index (κ1) is 17.7. The number of nitrogens with zero attached hydrogens (tertiary/aromatic N) is 2. The summed E-state index contributed by atoms with van der Waals surface area (Å²) in [5.41, 5.74) is 0.896. The van der Waals surface area contributed by atoms with Gasteiger partial charge in [0, 0.05) is 36.9 Å². The molecule has 7 heteroatoms. The van der Waals surface area contributed by atoms with Crippen LogP contribution < -0.4 is 5.56 Å². The molecule has 1 aliphatic heterocycles. The molecule has 2 aromatic rings. The summed E-state index contributed by atoms with van der Waals surface area (Å²) < 4.78 is 6.88. The van der Waals surface area contributed by atoms with Crippen molar-refractivity contribution < 1.29 is 14.6 Å². The van der Waals surface area contributed by atoms with Gasteiger partial charge in [-0.05, 0) is 23.8 Å². The van der Waals surface area contributed by atoms with Crippen LogP contribution in [-0.2, 0) is 11.3 Å². The summed E-state index contributed by atoms with van der Waals surface area (Å²) in [6.45, 7) is 3.13. The van der Waals surface area contributed by atoms with Gasteiger partial charge in [0.05, 0.1) is 24.8 Å². The van der Waals surface area contributed by atoms with Crippen molar-refractivity contribution in [3.63, 3.8) is 0 Å². The van der Waals surface area contributed by atoms with Gasteiger partial charge in [-0.1, -0.05) is 23.7 Å². The third-order valence-electron chi connectivity index (χ3n) is 4.34. The molecule has 1 fully saturated rings. The molecule has 0 saturated carbocycles. The van der Waals surface area contributed by atoms with Gasteiger partial charge in [0.25, 0.3) is 5.56 Å². The number of pyridine rings is 1. The zero-order valence-electron chi connectivity index (χ0n) is 13.6. The van der Waals surface area contributed by atoms with Gasteiger partial charge in [0.15, 0.2) is 0 Å². The maximum Gasteiger partial charge on any atom is 0.337 e. The highest BCUT2D eigenvalue weighted by Gasteiger charge is 2.23. The van der Waals surface area contributed by atoms with Crippen molar-refractivity contribution in [3.05, 3.63) is 69.1 Å². The Morgan fingerprint density at radius 1 is 1.16 bits per heavy atom. The molecule has 132 valence electrons. The Morgan fingerprint density at radius 3 is 2.48 bits per heavy atom. The molecule has 2 heterocycles. The van der Waals surface area contributed by atoms with Crippen molar-refractivity contribution >= 4 is 17.6 Å². The number of hydrogen-bond acceptors (Lipinski definition) is 4. The molecule has 6 nitrogen and oxygen atoms in total. The van der Waals surface area contributed by atoms with E-state index in [0.29, 0.717) is 24.8 Å². The number of aromatic carboxylic acids is 1. The molecular formula is C18H19ClN2O4. The van der Waals surface area contributed by atoms with Crippen molar-refractivity contribution in [2.45, 2.75) is 12.6 Å². The van der Waals surface area contributed by atoms with E-state index in [1.807, 2.05) is 24.3 Å². The number of carboxylic acids is 1. The third-order valence-corrected chi connectivity index (χ3v) is 4.59. The third kappa shape index (κ3) is 4.28. The summed E-state index contributed by atoms with van der Waals surface area (Å²) in [5, 5.41) is 9.82. The summed E-state index contributed by atoms with van der Waals surface area (Å²) in [5.74, 6) is -1.05. The van der Waals surface area contributed by atoms with E-state index >= 15 is 0 Å². The molecule has 1 aromatic heterocycles. The number of aromatic nitrogens is 1. The fourth-order valence-corrected chi connectivity index (χ4v) is 3.12. The van der Waals surface area contributed by atoms with Gasteiger partial charge in [-0.3, -0.25) is 9.69 Å². The molecule has 0 aliphatic carbocycles. The molecule has 0 radical (unpaired) electrons. The molecule has 0 unspecified atom stereocenters.